The lowest BCUT2D eigenvalue weighted by atomic mass is 9.35. The molecule has 3 aliphatic carbocycles. The van der Waals surface area contributed by atoms with E-state index >= 15 is 0 Å². The van der Waals surface area contributed by atoms with Crippen molar-refractivity contribution >= 4 is 117 Å². The number of hydrogen-bond acceptors (Lipinski definition) is 5. The minimum atomic E-state index is -0.209. The molecule has 0 radical (unpaired) electrons. The maximum Gasteiger partial charge on any atom is 0.297 e. The van der Waals surface area contributed by atoms with E-state index in [2.05, 4.69) is 256 Å². The van der Waals surface area contributed by atoms with E-state index in [1.54, 1.807) is 0 Å². The molecule has 15 rings (SSSR count). The summed E-state index contributed by atoms with van der Waals surface area (Å²) in [6.07, 6.45) is 6.85. The first-order valence-corrected chi connectivity index (χ1v) is 30.5. The molecule has 4 heterocycles. The second-order valence-corrected chi connectivity index (χ2v) is 29.5. The Balaban J connectivity index is 1.13. The van der Waals surface area contributed by atoms with Crippen molar-refractivity contribution in [1.29, 1.82) is 0 Å². The fourth-order valence-corrected chi connectivity index (χ4v) is 16.7. The molecule has 6 heteroatoms. The lowest BCUT2D eigenvalue weighted by Gasteiger charge is -2.47. The molecule has 0 N–H and O–H groups in total. The summed E-state index contributed by atoms with van der Waals surface area (Å²) in [6, 6.07) is 61.0. The summed E-state index contributed by atoms with van der Waals surface area (Å²) < 4.78 is 10.5. The normalized spacial score (nSPS) is 19.2. The average Bonchev–Trinajstić information content (AvgIpc) is 3.83. The Labute approximate surface area is 478 Å². The molecule has 0 fully saturated rings. The fourth-order valence-electron chi connectivity index (χ4n) is 15.5. The molecule has 10 aromatic rings. The fraction of sp³-hybridized carbons (Fsp3) is 0.324. The van der Waals surface area contributed by atoms with E-state index in [0.29, 0.717) is 0 Å². The molecule has 0 atom stereocenters. The molecule has 2 aromatic heterocycles. The molecule has 0 saturated heterocycles. The topological polar surface area (TPSA) is 22.9 Å². The van der Waals surface area contributed by atoms with Crippen LogP contribution in [-0.4, -0.2) is 6.71 Å². The van der Waals surface area contributed by atoms with Gasteiger partial charge in [-0.3, -0.25) is 0 Å². The van der Waals surface area contributed by atoms with Crippen molar-refractivity contribution in [3.8, 4) is 0 Å². The van der Waals surface area contributed by atoms with Crippen LogP contribution in [-0.2, 0) is 32.5 Å². The van der Waals surface area contributed by atoms with Gasteiger partial charge in [-0.2, -0.15) is 0 Å². The zero-order valence-electron chi connectivity index (χ0n) is 49.0. The summed E-state index contributed by atoms with van der Waals surface area (Å²) >= 11 is 1.91. The third kappa shape index (κ3) is 7.18. The van der Waals surface area contributed by atoms with Crippen LogP contribution < -0.4 is 31.3 Å². The Morgan fingerprint density at radius 3 is 1.55 bits per heavy atom. The number of hydrogen-bond donors (Lipinski definition) is 0. The van der Waals surface area contributed by atoms with Gasteiger partial charge < -0.3 is 19.1 Å². The number of para-hydroxylation sites is 2. The van der Waals surface area contributed by atoms with E-state index in [1.807, 2.05) is 11.3 Å². The number of anilines is 9. The summed E-state index contributed by atoms with van der Waals surface area (Å²) in [4.78, 5) is 7.86. The van der Waals surface area contributed by atoms with Gasteiger partial charge >= 0.3 is 0 Å². The van der Waals surface area contributed by atoms with Crippen LogP contribution in [0.5, 0.6) is 0 Å². The van der Waals surface area contributed by atoms with Crippen molar-refractivity contribution < 1.29 is 4.42 Å². The Morgan fingerprint density at radius 2 is 0.925 bits per heavy atom. The number of thiophene rings is 1. The Bertz CT molecular complexity index is 4190. The molecule has 2 aliphatic heterocycles. The molecule has 8 aromatic carbocycles. The lowest BCUT2D eigenvalue weighted by molar-refractivity contribution is 0.332. The maximum atomic E-state index is 7.90. The molecule has 0 bridgehead atoms. The SMILES string of the molecule is CC1(C)CCC(C)(C)c2cc(N3c4cc5c(cc4B4c6oc7cc8c(cc7c6N(c6cccc7c6sc6ccccc67)c6cc(N(c7ccccc7)c7ccccc7)cc3c64)C(C)(C)CCC8(C)C)C(C)(C)CCC5(C)C)ccc21. The molecule has 400 valence electrons. The molecule has 0 amide bonds. The van der Waals surface area contributed by atoms with Crippen LogP contribution in [0.2, 0.25) is 0 Å². The summed E-state index contributed by atoms with van der Waals surface area (Å²) in [5.41, 5.74) is 23.9. The van der Waals surface area contributed by atoms with Crippen LogP contribution in [0.15, 0.2) is 162 Å². The second kappa shape index (κ2) is 16.8. The summed E-state index contributed by atoms with van der Waals surface area (Å²) in [5.74, 6) is 0. The van der Waals surface area contributed by atoms with Gasteiger partial charge in [-0.1, -0.05) is 162 Å². The second-order valence-electron chi connectivity index (χ2n) is 28.5. The third-order valence-corrected chi connectivity index (χ3v) is 21.8. The van der Waals surface area contributed by atoms with Crippen LogP contribution >= 0.6 is 11.3 Å². The van der Waals surface area contributed by atoms with Crippen molar-refractivity contribution in [2.45, 2.75) is 154 Å². The van der Waals surface area contributed by atoms with Crippen LogP contribution in [0.4, 0.5) is 51.2 Å². The minimum absolute atomic E-state index is 0.00606. The molecule has 0 spiro atoms. The zero-order chi connectivity index (χ0) is 55.2. The average molecular weight is 1060 g/mol. The lowest BCUT2D eigenvalue weighted by Crippen LogP contribution is -2.61. The van der Waals surface area contributed by atoms with Crippen LogP contribution in [0.25, 0.3) is 31.1 Å². The van der Waals surface area contributed by atoms with E-state index in [9.17, 15) is 0 Å². The van der Waals surface area contributed by atoms with E-state index in [0.717, 1.165) is 66.1 Å². The molecular formula is C74H74BN3OS. The first-order valence-electron chi connectivity index (χ1n) is 29.7. The van der Waals surface area contributed by atoms with Gasteiger partial charge in [-0.15, -0.1) is 11.3 Å². The van der Waals surface area contributed by atoms with Gasteiger partial charge in [-0.05, 0) is 194 Å². The van der Waals surface area contributed by atoms with Crippen molar-refractivity contribution in [3.63, 3.8) is 0 Å². The highest BCUT2D eigenvalue weighted by Gasteiger charge is 2.51. The van der Waals surface area contributed by atoms with Crippen molar-refractivity contribution in [2.75, 3.05) is 14.7 Å². The minimum Gasteiger partial charge on any atom is -0.468 e. The van der Waals surface area contributed by atoms with E-state index in [4.69, 9.17) is 4.42 Å². The summed E-state index contributed by atoms with van der Waals surface area (Å²) in [7, 11) is 0. The smallest absolute Gasteiger partial charge is 0.297 e. The van der Waals surface area contributed by atoms with E-state index < -0.39 is 0 Å². The van der Waals surface area contributed by atoms with E-state index in [-0.39, 0.29) is 39.2 Å². The highest BCUT2D eigenvalue weighted by molar-refractivity contribution is 7.26. The monoisotopic (exact) mass is 1060 g/mol. The van der Waals surface area contributed by atoms with Gasteiger partial charge in [0.15, 0.2) is 0 Å². The third-order valence-electron chi connectivity index (χ3n) is 20.6. The largest absolute Gasteiger partial charge is 0.468 e. The van der Waals surface area contributed by atoms with E-state index in [1.165, 1.54) is 105 Å². The van der Waals surface area contributed by atoms with Crippen molar-refractivity contribution in [2.24, 2.45) is 0 Å². The molecule has 4 nitrogen and oxygen atoms in total. The van der Waals surface area contributed by atoms with Gasteiger partial charge in [-0.25, -0.2) is 0 Å². The van der Waals surface area contributed by atoms with Gasteiger partial charge in [0, 0.05) is 55.0 Å². The van der Waals surface area contributed by atoms with Gasteiger partial charge in [0.2, 0.25) is 0 Å². The highest BCUT2D eigenvalue weighted by Crippen LogP contribution is 2.57. The number of fused-ring (bicyclic) bond motifs is 12. The van der Waals surface area contributed by atoms with Gasteiger partial charge in [0.05, 0.1) is 27.4 Å². The number of benzene rings is 8. The maximum absolute atomic E-state index is 7.90. The Kier molecular flexibility index (Phi) is 10.5. The molecule has 80 heavy (non-hydrogen) atoms. The molecule has 5 aliphatic rings. The Morgan fingerprint density at radius 1 is 0.412 bits per heavy atom. The Hall–Kier alpha value is -7.02. The highest BCUT2D eigenvalue weighted by atomic mass is 32.1. The zero-order valence-corrected chi connectivity index (χ0v) is 49.8. The quantitative estimate of drug-likeness (QED) is 0.160. The molecular weight excluding hydrogens is 990 g/mol. The standard InChI is InChI=1S/C74H74BN3OS/c1-69(2)32-33-70(3,4)53-38-47(30-31-52(53)69)77-60-43-56-55(72(7,8)35-36-73(56,9)10)42-58(60)75-65-61(77)39-48(76(45-22-15-13-16-23-45)46-24-17-14-18-25-46)40-62(65)78(59-28-21-27-50-49-26-19-20-29-64(49)80-67(50)59)66-51-41-54-57(44-63(51)79-68(66)75)74(11,12)37-34-71(54,5)6/h13-31,38-44H,32-37H2,1-12H3. The number of nitrogens with zero attached hydrogens (tertiary/aromatic N) is 3. The van der Waals surface area contributed by atoms with Crippen LogP contribution in [0, 0.1) is 0 Å². The number of rotatable bonds is 5. The first kappa shape index (κ1) is 50.0. The molecule has 0 saturated carbocycles. The van der Waals surface area contributed by atoms with Crippen LogP contribution in [0.3, 0.4) is 0 Å². The summed E-state index contributed by atoms with van der Waals surface area (Å²) in [5, 5.41) is 3.76. The predicted octanol–water partition coefficient (Wildman–Crippen LogP) is 19.4. The predicted molar refractivity (Wildman–Crippen MR) is 344 cm³/mol. The molecule has 0 unspecified atom stereocenters. The van der Waals surface area contributed by atoms with Gasteiger partial charge in [0.1, 0.15) is 5.58 Å². The summed E-state index contributed by atoms with van der Waals surface area (Å²) in [6.45, 7) is 29.4. The van der Waals surface area contributed by atoms with Crippen LogP contribution in [0.1, 0.15) is 155 Å². The van der Waals surface area contributed by atoms with Crippen molar-refractivity contribution in [1.82, 2.24) is 0 Å². The van der Waals surface area contributed by atoms with Gasteiger partial charge in [0.25, 0.3) is 6.71 Å². The number of furan rings is 1. The van der Waals surface area contributed by atoms with Crippen molar-refractivity contribution in [3.05, 3.63) is 191 Å². The first-order chi connectivity index (χ1) is 38.1.